The number of ether oxygens (including phenoxy) is 2. The summed E-state index contributed by atoms with van der Waals surface area (Å²) in [6.45, 7) is 6.14. The maximum atomic E-state index is 13.5. The highest BCUT2D eigenvalue weighted by Crippen LogP contribution is 2.42. The molecule has 0 bridgehead atoms. The van der Waals surface area contributed by atoms with Crippen molar-refractivity contribution in [1.82, 2.24) is 4.90 Å². The van der Waals surface area contributed by atoms with Gasteiger partial charge in [-0.15, -0.1) is 0 Å². The first-order valence-electron chi connectivity index (χ1n) is 11.7. The van der Waals surface area contributed by atoms with Crippen LogP contribution in [0, 0.1) is 19.7 Å². The number of likely N-dealkylation sites (tertiary alicyclic amines) is 1. The number of aryl methyl sites for hydroxylation is 2. The van der Waals surface area contributed by atoms with E-state index >= 15 is 0 Å². The molecule has 36 heavy (non-hydrogen) atoms. The van der Waals surface area contributed by atoms with Crippen LogP contribution in [0.2, 0.25) is 0 Å². The van der Waals surface area contributed by atoms with Gasteiger partial charge in [-0.05, 0) is 73.4 Å². The molecule has 7 heteroatoms. The summed E-state index contributed by atoms with van der Waals surface area (Å²) in [4.78, 5) is 28.0. The number of halogens is 1. The first-order chi connectivity index (χ1) is 17.2. The molecular weight excluding hydrogens is 461 g/mol. The summed E-state index contributed by atoms with van der Waals surface area (Å²) in [6.07, 6.45) is 0. The number of benzene rings is 3. The second-order valence-corrected chi connectivity index (χ2v) is 8.70. The SMILES string of the molecule is CCOc1cc(C2/C(=C(/O)c3ccc(C)c(C)c3)C(=O)C(=O)N2Cc2ccc(F)cc2)ccc1OC. The number of aliphatic hydroxyl groups excluding tert-OH is 1. The summed E-state index contributed by atoms with van der Waals surface area (Å²) in [5.74, 6) is -1.23. The minimum Gasteiger partial charge on any atom is -0.507 e. The van der Waals surface area contributed by atoms with Gasteiger partial charge < -0.3 is 19.5 Å². The molecule has 1 aliphatic heterocycles. The Labute approximate surface area is 209 Å². The average Bonchev–Trinajstić information content (AvgIpc) is 3.11. The van der Waals surface area contributed by atoms with E-state index in [0.29, 0.717) is 34.8 Å². The number of nitrogens with zero attached hydrogens (tertiary/aromatic N) is 1. The van der Waals surface area contributed by atoms with E-state index in [1.165, 1.54) is 24.1 Å². The number of methoxy groups -OCH3 is 1. The van der Waals surface area contributed by atoms with E-state index in [-0.39, 0.29) is 17.9 Å². The summed E-state index contributed by atoms with van der Waals surface area (Å²) in [5, 5.41) is 11.3. The highest BCUT2D eigenvalue weighted by atomic mass is 19.1. The molecule has 1 fully saturated rings. The lowest BCUT2D eigenvalue weighted by molar-refractivity contribution is -0.140. The lowest BCUT2D eigenvalue weighted by Gasteiger charge is -2.26. The average molecular weight is 490 g/mol. The fourth-order valence-electron chi connectivity index (χ4n) is 4.35. The van der Waals surface area contributed by atoms with E-state index in [4.69, 9.17) is 9.47 Å². The van der Waals surface area contributed by atoms with Crippen LogP contribution < -0.4 is 9.47 Å². The van der Waals surface area contributed by atoms with E-state index in [1.807, 2.05) is 26.8 Å². The van der Waals surface area contributed by atoms with Gasteiger partial charge in [0.25, 0.3) is 11.7 Å². The molecule has 1 unspecified atom stereocenters. The van der Waals surface area contributed by atoms with Gasteiger partial charge in [0.05, 0.1) is 25.3 Å². The van der Waals surface area contributed by atoms with E-state index in [1.54, 1.807) is 42.5 Å². The zero-order chi connectivity index (χ0) is 26.0. The van der Waals surface area contributed by atoms with E-state index in [9.17, 15) is 19.1 Å². The standard InChI is InChI=1S/C29H28FNO5/c1-5-36-24-15-20(10-13-23(24)35-4)26-25(27(32)21-9-6-17(2)18(3)14-21)28(33)29(34)31(26)16-19-7-11-22(30)12-8-19/h6-15,26,32H,5,16H2,1-4H3/b27-25-. The van der Waals surface area contributed by atoms with Gasteiger partial charge in [-0.2, -0.15) is 0 Å². The normalized spacial score (nSPS) is 16.9. The van der Waals surface area contributed by atoms with Crippen LogP contribution in [0.4, 0.5) is 4.39 Å². The lowest BCUT2D eigenvalue weighted by atomic mass is 9.94. The molecule has 1 aliphatic rings. The minimum absolute atomic E-state index is 0.0158. The van der Waals surface area contributed by atoms with Crippen LogP contribution in [0.25, 0.3) is 5.76 Å². The van der Waals surface area contributed by atoms with E-state index < -0.39 is 23.5 Å². The van der Waals surface area contributed by atoms with Crippen molar-refractivity contribution in [3.8, 4) is 11.5 Å². The molecule has 3 aromatic carbocycles. The molecule has 6 nitrogen and oxygen atoms in total. The number of carbonyl (C=O) groups is 2. The van der Waals surface area contributed by atoms with Crippen LogP contribution in [0.1, 0.15) is 40.8 Å². The van der Waals surface area contributed by atoms with Gasteiger partial charge in [-0.25, -0.2) is 4.39 Å². The first kappa shape index (κ1) is 25.0. The number of carbonyl (C=O) groups excluding carboxylic acids is 2. The Balaban J connectivity index is 1.90. The fraction of sp³-hybridized carbons (Fsp3) is 0.241. The van der Waals surface area contributed by atoms with E-state index in [0.717, 1.165) is 11.1 Å². The predicted octanol–water partition coefficient (Wildman–Crippen LogP) is 5.47. The number of hydrogen-bond acceptors (Lipinski definition) is 5. The van der Waals surface area contributed by atoms with Gasteiger partial charge in [0.15, 0.2) is 11.5 Å². The van der Waals surface area contributed by atoms with Gasteiger partial charge >= 0.3 is 0 Å². The van der Waals surface area contributed by atoms with Crippen molar-refractivity contribution in [3.05, 3.63) is 99.9 Å². The van der Waals surface area contributed by atoms with Gasteiger partial charge in [-0.1, -0.05) is 30.3 Å². The Morgan fingerprint density at radius 3 is 2.33 bits per heavy atom. The summed E-state index contributed by atoms with van der Waals surface area (Å²) in [5.41, 5.74) is 3.63. The minimum atomic E-state index is -0.887. The van der Waals surface area contributed by atoms with Crippen molar-refractivity contribution in [3.63, 3.8) is 0 Å². The largest absolute Gasteiger partial charge is 0.507 e. The molecule has 1 heterocycles. The highest BCUT2D eigenvalue weighted by Gasteiger charge is 2.46. The summed E-state index contributed by atoms with van der Waals surface area (Å²) >= 11 is 0. The second kappa shape index (κ2) is 10.2. The highest BCUT2D eigenvalue weighted by molar-refractivity contribution is 6.46. The Hall–Kier alpha value is -4.13. The second-order valence-electron chi connectivity index (χ2n) is 8.70. The van der Waals surface area contributed by atoms with Crippen molar-refractivity contribution >= 4 is 17.4 Å². The van der Waals surface area contributed by atoms with Crippen LogP contribution in [-0.4, -0.2) is 35.4 Å². The van der Waals surface area contributed by atoms with Crippen molar-refractivity contribution in [2.45, 2.75) is 33.4 Å². The third-order valence-corrected chi connectivity index (χ3v) is 6.39. The number of hydrogen-bond donors (Lipinski definition) is 1. The number of amides is 1. The predicted molar refractivity (Wildman–Crippen MR) is 134 cm³/mol. The third-order valence-electron chi connectivity index (χ3n) is 6.39. The monoisotopic (exact) mass is 489 g/mol. The Bertz CT molecular complexity index is 1350. The number of aliphatic hydroxyl groups is 1. The molecule has 0 radical (unpaired) electrons. The molecule has 1 saturated heterocycles. The third kappa shape index (κ3) is 4.69. The molecule has 0 spiro atoms. The molecular formula is C29H28FNO5. The molecule has 0 aromatic heterocycles. The van der Waals surface area contributed by atoms with Crippen molar-refractivity contribution < 1.29 is 28.6 Å². The zero-order valence-corrected chi connectivity index (χ0v) is 20.7. The Morgan fingerprint density at radius 1 is 0.972 bits per heavy atom. The van der Waals surface area contributed by atoms with Crippen LogP contribution in [0.3, 0.4) is 0 Å². The maximum Gasteiger partial charge on any atom is 0.295 e. The number of rotatable bonds is 7. The molecule has 4 rings (SSSR count). The summed E-state index contributed by atoms with van der Waals surface area (Å²) in [7, 11) is 1.53. The maximum absolute atomic E-state index is 13.5. The fourth-order valence-corrected chi connectivity index (χ4v) is 4.35. The van der Waals surface area contributed by atoms with Crippen molar-refractivity contribution in [2.24, 2.45) is 0 Å². The Morgan fingerprint density at radius 2 is 1.69 bits per heavy atom. The molecule has 1 atom stereocenters. The van der Waals surface area contributed by atoms with Gasteiger partial charge in [-0.3, -0.25) is 9.59 Å². The lowest BCUT2D eigenvalue weighted by Crippen LogP contribution is -2.29. The van der Waals surface area contributed by atoms with Crippen LogP contribution in [0.5, 0.6) is 11.5 Å². The molecule has 0 saturated carbocycles. The molecule has 1 N–H and O–H groups in total. The number of ketones is 1. The first-order valence-corrected chi connectivity index (χ1v) is 11.7. The van der Waals surface area contributed by atoms with Crippen LogP contribution in [0.15, 0.2) is 66.2 Å². The smallest absolute Gasteiger partial charge is 0.295 e. The molecule has 186 valence electrons. The summed E-state index contributed by atoms with van der Waals surface area (Å²) < 4.78 is 24.6. The summed E-state index contributed by atoms with van der Waals surface area (Å²) in [6, 6.07) is 15.4. The Kier molecular flexibility index (Phi) is 7.10. The topological polar surface area (TPSA) is 76.1 Å². The van der Waals surface area contributed by atoms with Crippen molar-refractivity contribution in [1.29, 1.82) is 0 Å². The van der Waals surface area contributed by atoms with Crippen LogP contribution >= 0.6 is 0 Å². The van der Waals surface area contributed by atoms with Crippen molar-refractivity contribution in [2.75, 3.05) is 13.7 Å². The van der Waals surface area contributed by atoms with Gasteiger partial charge in [0.2, 0.25) is 0 Å². The van der Waals surface area contributed by atoms with E-state index in [2.05, 4.69) is 0 Å². The van der Waals surface area contributed by atoms with Gasteiger partial charge in [0.1, 0.15) is 11.6 Å². The molecule has 1 amide bonds. The molecule has 0 aliphatic carbocycles. The van der Waals surface area contributed by atoms with Crippen LogP contribution in [-0.2, 0) is 16.1 Å². The quantitative estimate of drug-likeness (QED) is 0.271. The zero-order valence-electron chi connectivity index (χ0n) is 20.7. The number of Topliss-reactive ketones (excluding diaryl/α,β-unsaturated/α-hetero) is 1. The molecule has 3 aromatic rings. The van der Waals surface area contributed by atoms with Gasteiger partial charge in [0, 0.05) is 12.1 Å².